The van der Waals surface area contributed by atoms with Crippen molar-refractivity contribution in [2.24, 2.45) is 0 Å². The third kappa shape index (κ3) is 2.54. The summed E-state index contributed by atoms with van der Waals surface area (Å²) in [4.78, 5) is 35.6. The highest BCUT2D eigenvalue weighted by Gasteiger charge is 2.51. The van der Waals surface area contributed by atoms with Crippen LogP contribution in [0.1, 0.15) is 24.8 Å². The van der Waals surface area contributed by atoms with Crippen molar-refractivity contribution in [2.45, 2.75) is 24.8 Å². The first-order valence-corrected chi connectivity index (χ1v) is 6.60. The first-order valence-electron chi connectivity index (χ1n) is 6.60. The number of amides is 3. The van der Waals surface area contributed by atoms with Crippen molar-refractivity contribution >= 4 is 18.1 Å². The van der Waals surface area contributed by atoms with Crippen LogP contribution in [0.4, 0.5) is 9.59 Å². The van der Waals surface area contributed by atoms with Crippen molar-refractivity contribution in [1.82, 2.24) is 10.2 Å². The summed E-state index contributed by atoms with van der Waals surface area (Å²) in [7, 11) is 0. The summed E-state index contributed by atoms with van der Waals surface area (Å²) in [6, 6.07) is 8.17. The van der Waals surface area contributed by atoms with E-state index in [2.05, 4.69) is 5.32 Å². The van der Waals surface area contributed by atoms with Crippen LogP contribution in [-0.2, 0) is 10.3 Å². The van der Waals surface area contributed by atoms with E-state index in [1.165, 1.54) is 0 Å². The molecule has 1 aromatic carbocycles. The molecule has 3 N–H and O–H groups in total. The van der Waals surface area contributed by atoms with E-state index in [9.17, 15) is 24.6 Å². The highest BCUT2D eigenvalue weighted by atomic mass is 16.4. The number of carboxylic acid groups (broad SMARTS) is 2. The molecule has 0 aliphatic carbocycles. The van der Waals surface area contributed by atoms with Gasteiger partial charge in [-0.25, -0.2) is 9.59 Å². The third-order valence-electron chi connectivity index (χ3n) is 3.64. The van der Waals surface area contributed by atoms with Crippen molar-refractivity contribution in [3.63, 3.8) is 0 Å². The van der Waals surface area contributed by atoms with Gasteiger partial charge in [-0.2, -0.15) is 4.90 Å². The van der Waals surface area contributed by atoms with Gasteiger partial charge in [-0.3, -0.25) is 4.79 Å². The Kier molecular flexibility index (Phi) is 4.11. The average molecular weight is 292 g/mol. The lowest BCUT2D eigenvalue weighted by atomic mass is 9.83. The Morgan fingerprint density at radius 3 is 2.29 bits per heavy atom. The summed E-state index contributed by atoms with van der Waals surface area (Å²) in [6.07, 6.45) is -1.98. The maximum absolute atomic E-state index is 12.5. The minimum absolute atomic E-state index is 0.126. The van der Waals surface area contributed by atoms with Crippen molar-refractivity contribution in [2.75, 3.05) is 6.54 Å². The summed E-state index contributed by atoms with van der Waals surface area (Å²) in [5.41, 5.74) is -1.38. The molecule has 0 radical (unpaired) electrons. The van der Waals surface area contributed by atoms with Crippen LogP contribution in [0.25, 0.3) is 0 Å². The van der Waals surface area contributed by atoms with Crippen LogP contribution in [-0.4, -0.2) is 39.8 Å². The molecule has 21 heavy (non-hydrogen) atoms. The smallest absolute Gasteiger partial charge is 0.418 e. The quantitative estimate of drug-likeness (QED) is 0.771. The second-order valence-corrected chi connectivity index (χ2v) is 4.84. The van der Waals surface area contributed by atoms with Crippen molar-refractivity contribution in [1.29, 1.82) is 0 Å². The van der Waals surface area contributed by atoms with E-state index in [4.69, 9.17) is 0 Å². The Morgan fingerprint density at radius 1 is 1.10 bits per heavy atom. The first kappa shape index (κ1) is 14.8. The topological polar surface area (TPSA) is 107 Å². The van der Waals surface area contributed by atoms with Gasteiger partial charge >= 0.3 is 12.2 Å². The molecule has 2 rings (SSSR count). The fourth-order valence-electron chi connectivity index (χ4n) is 2.71. The predicted octanol–water partition coefficient (Wildman–Crippen LogP) is 1.84. The van der Waals surface area contributed by atoms with Crippen LogP contribution in [0.15, 0.2) is 30.3 Å². The maximum atomic E-state index is 12.5. The third-order valence-corrected chi connectivity index (χ3v) is 3.64. The van der Waals surface area contributed by atoms with Crippen LogP contribution in [0.5, 0.6) is 0 Å². The molecule has 0 spiro atoms. The molecule has 3 amide bonds. The molecule has 7 heteroatoms. The number of carbonyl (C=O) groups excluding carboxylic acids is 1. The van der Waals surface area contributed by atoms with E-state index in [0.29, 0.717) is 24.9 Å². The standard InChI is InChI=1S/C14H16N2O5/c17-11-14(8-4-5-9-15-11,10-6-2-1-3-7-10)16(12(18)19)13(20)21/h1-3,6-7H,4-5,8-9H2,(H,15,17)(H,18,19)(H,20,21)/t14-/m0/s1. The van der Waals surface area contributed by atoms with Gasteiger partial charge in [0.05, 0.1) is 0 Å². The number of imide groups is 1. The van der Waals surface area contributed by atoms with Crippen LogP contribution >= 0.6 is 0 Å². The van der Waals surface area contributed by atoms with E-state index in [-0.39, 0.29) is 11.3 Å². The van der Waals surface area contributed by atoms with Crippen molar-refractivity contribution < 1.29 is 24.6 Å². The van der Waals surface area contributed by atoms with Gasteiger partial charge in [0.15, 0.2) is 5.54 Å². The van der Waals surface area contributed by atoms with Gasteiger partial charge in [0.25, 0.3) is 5.91 Å². The molecule has 0 aromatic heterocycles. The molecule has 1 aliphatic heterocycles. The molecule has 7 nitrogen and oxygen atoms in total. The van der Waals surface area contributed by atoms with Gasteiger partial charge < -0.3 is 15.5 Å². The highest BCUT2D eigenvalue weighted by molar-refractivity contribution is 5.98. The zero-order valence-corrected chi connectivity index (χ0v) is 11.3. The minimum atomic E-state index is -1.74. The number of carbonyl (C=O) groups is 3. The molecule has 1 atom stereocenters. The summed E-state index contributed by atoms with van der Waals surface area (Å²) in [6.45, 7) is 0.403. The lowest BCUT2D eigenvalue weighted by molar-refractivity contribution is -0.132. The molecular formula is C14H16N2O5. The summed E-state index contributed by atoms with van der Waals surface area (Å²) in [5.74, 6) is -0.601. The lowest BCUT2D eigenvalue weighted by Gasteiger charge is -2.37. The minimum Gasteiger partial charge on any atom is -0.464 e. The Balaban J connectivity index is 2.65. The zero-order chi connectivity index (χ0) is 15.5. The van der Waals surface area contributed by atoms with Gasteiger partial charge in [-0.1, -0.05) is 30.3 Å². The molecule has 1 fully saturated rings. The molecule has 1 aromatic rings. The number of rotatable bonds is 2. The summed E-state index contributed by atoms with van der Waals surface area (Å²) < 4.78 is 0. The number of nitrogens with one attached hydrogen (secondary N) is 1. The molecule has 1 heterocycles. The molecule has 1 saturated heterocycles. The Labute approximate surface area is 121 Å². The molecule has 0 bridgehead atoms. The lowest BCUT2D eigenvalue weighted by Crippen LogP contribution is -2.59. The molecule has 0 saturated carbocycles. The van der Waals surface area contributed by atoms with E-state index in [0.717, 1.165) is 0 Å². The highest BCUT2D eigenvalue weighted by Crippen LogP contribution is 2.36. The van der Waals surface area contributed by atoms with Crippen LogP contribution < -0.4 is 5.32 Å². The number of hydrogen-bond acceptors (Lipinski definition) is 3. The van der Waals surface area contributed by atoms with Gasteiger partial charge in [0, 0.05) is 6.54 Å². The molecule has 0 unspecified atom stereocenters. The predicted molar refractivity (Wildman–Crippen MR) is 72.9 cm³/mol. The second kappa shape index (κ2) is 5.82. The van der Waals surface area contributed by atoms with Gasteiger partial charge in [-0.15, -0.1) is 0 Å². The van der Waals surface area contributed by atoms with Gasteiger partial charge in [0.2, 0.25) is 0 Å². The largest absolute Gasteiger partial charge is 0.464 e. The number of nitrogens with zero attached hydrogens (tertiary/aromatic N) is 1. The van der Waals surface area contributed by atoms with E-state index < -0.39 is 23.6 Å². The zero-order valence-electron chi connectivity index (χ0n) is 11.3. The molecule has 1 aliphatic rings. The van der Waals surface area contributed by atoms with E-state index >= 15 is 0 Å². The number of benzene rings is 1. The molecule has 112 valence electrons. The van der Waals surface area contributed by atoms with Crippen LogP contribution in [0.3, 0.4) is 0 Å². The fourth-order valence-corrected chi connectivity index (χ4v) is 2.71. The second-order valence-electron chi connectivity index (χ2n) is 4.84. The van der Waals surface area contributed by atoms with Gasteiger partial charge in [0.1, 0.15) is 0 Å². The summed E-state index contributed by atoms with van der Waals surface area (Å²) in [5, 5.41) is 21.2. The monoisotopic (exact) mass is 292 g/mol. The van der Waals surface area contributed by atoms with E-state index in [1.54, 1.807) is 30.3 Å². The fraction of sp³-hybridized carbons (Fsp3) is 0.357. The Hall–Kier alpha value is -2.57. The Bertz CT molecular complexity index is 546. The maximum Gasteiger partial charge on any atom is 0.418 e. The van der Waals surface area contributed by atoms with E-state index in [1.807, 2.05) is 0 Å². The SMILES string of the molecule is O=C(O)N(C(=O)O)[C@]1(c2ccccc2)CCCCNC1=O. The van der Waals surface area contributed by atoms with Crippen molar-refractivity contribution in [3.8, 4) is 0 Å². The van der Waals surface area contributed by atoms with Gasteiger partial charge in [-0.05, 0) is 24.8 Å². The Morgan fingerprint density at radius 2 is 1.71 bits per heavy atom. The van der Waals surface area contributed by atoms with Crippen LogP contribution in [0, 0.1) is 0 Å². The normalized spacial score (nSPS) is 22.0. The summed E-state index contributed by atoms with van der Waals surface area (Å²) >= 11 is 0. The average Bonchev–Trinajstić information content (AvgIpc) is 2.63. The number of hydrogen-bond donors (Lipinski definition) is 3. The van der Waals surface area contributed by atoms with Crippen molar-refractivity contribution in [3.05, 3.63) is 35.9 Å². The molecular weight excluding hydrogens is 276 g/mol. The first-order chi connectivity index (χ1) is 10.00. The van der Waals surface area contributed by atoms with Crippen LogP contribution in [0.2, 0.25) is 0 Å².